The Kier molecular flexibility index (Phi) is 4.10. The fraction of sp³-hybridized carbons (Fsp3) is 0.0526. The molecule has 0 aliphatic carbocycles. The molecule has 0 unspecified atom stereocenters. The van der Waals surface area contributed by atoms with Gasteiger partial charge in [0, 0.05) is 34.6 Å². The van der Waals surface area contributed by atoms with Crippen molar-refractivity contribution < 1.29 is 9.67 Å². The summed E-state index contributed by atoms with van der Waals surface area (Å²) in [5, 5.41) is 13.6. The van der Waals surface area contributed by atoms with E-state index in [1.807, 2.05) is 0 Å². The van der Waals surface area contributed by atoms with Crippen molar-refractivity contribution in [3.05, 3.63) is 88.3 Å². The molecular formula is C19H13ClN4O2. The van der Waals surface area contributed by atoms with Gasteiger partial charge in [0.05, 0.1) is 12.1 Å². The standard InChI is InChI=1S/C19H13ClN4O2/c20-15-6-2-1-5-14(15)17-18(25)23-8-4-3-7-16(23)24(19(17)26)11-13-9-21-12-22-10-13/h1-10,12H,11H2. The van der Waals surface area contributed by atoms with Crippen molar-refractivity contribution in [2.75, 3.05) is 0 Å². The molecule has 7 heteroatoms. The molecule has 0 N–H and O–H groups in total. The second kappa shape index (κ2) is 6.57. The molecule has 0 radical (unpaired) electrons. The van der Waals surface area contributed by atoms with Crippen LogP contribution < -0.4 is 15.2 Å². The summed E-state index contributed by atoms with van der Waals surface area (Å²) < 4.78 is 2.97. The van der Waals surface area contributed by atoms with E-state index in [2.05, 4.69) is 9.97 Å². The van der Waals surface area contributed by atoms with Crippen molar-refractivity contribution in [3.8, 4) is 17.0 Å². The minimum Gasteiger partial charge on any atom is -0.842 e. The molecule has 4 aromatic rings. The zero-order valence-corrected chi connectivity index (χ0v) is 14.3. The van der Waals surface area contributed by atoms with Gasteiger partial charge in [-0.25, -0.2) is 19.3 Å². The third-order valence-electron chi connectivity index (χ3n) is 4.10. The van der Waals surface area contributed by atoms with Crippen LogP contribution in [0.2, 0.25) is 5.02 Å². The normalized spacial score (nSPS) is 11.0. The van der Waals surface area contributed by atoms with Crippen molar-refractivity contribution in [3.63, 3.8) is 0 Å². The van der Waals surface area contributed by atoms with Gasteiger partial charge < -0.3 is 5.11 Å². The highest BCUT2D eigenvalue weighted by Crippen LogP contribution is 2.28. The van der Waals surface area contributed by atoms with Gasteiger partial charge in [0.15, 0.2) is 0 Å². The molecule has 128 valence electrons. The first-order valence-corrected chi connectivity index (χ1v) is 8.27. The van der Waals surface area contributed by atoms with Crippen LogP contribution in [0.15, 0.2) is 72.2 Å². The van der Waals surface area contributed by atoms with Crippen LogP contribution in [-0.2, 0) is 6.54 Å². The smallest absolute Gasteiger partial charge is 0.349 e. The molecule has 3 aromatic heterocycles. The molecule has 3 heterocycles. The predicted molar refractivity (Wildman–Crippen MR) is 94.9 cm³/mol. The fourth-order valence-electron chi connectivity index (χ4n) is 2.92. The van der Waals surface area contributed by atoms with Gasteiger partial charge in [0.1, 0.15) is 18.4 Å². The maximum Gasteiger partial charge on any atom is 0.349 e. The first-order valence-electron chi connectivity index (χ1n) is 7.90. The minimum atomic E-state index is -0.404. The lowest BCUT2D eigenvalue weighted by molar-refractivity contribution is -0.708. The second-order valence-electron chi connectivity index (χ2n) is 5.73. The van der Waals surface area contributed by atoms with Crippen LogP contribution in [0, 0.1) is 0 Å². The van der Waals surface area contributed by atoms with E-state index in [4.69, 9.17) is 11.6 Å². The zero-order valence-electron chi connectivity index (χ0n) is 13.5. The van der Waals surface area contributed by atoms with E-state index in [-0.39, 0.29) is 12.1 Å². The number of nitrogens with zero attached hydrogens (tertiary/aromatic N) is 4. The van der Waals surface area contributed by atoms with Crippen LogP contribution in [0.1, 0.15) is 5.56 Å². The average Bonchev–Trinajstić information content (AvgIpc) is 2.67. The summed E-state index contributed by atoms with van der Waals surface area (Å²) in [6, 6.07) is 12.1. The van der Waals surface area contributed by atoms with Crippen molar-refractivity contribution in [2.24, 2.45) is 0 Å². The largest absolute Gasteiger partial charge is 0.842 e. The lowest BCUT2D eigenvalue weighted by atomic mass is 10.1. The Labute approximate surface area is 153 Å². The number of halogens is 1. The van der Waals surface area contributed by atoms with E-state index in [1.54, 1.807) is 61.1 Å². The van der Waals surface area contributed by atoms with E-state index in [0.717, 1.165) is 5.56 Å². The summed E-state index contributed by atoms with van der Waals surface area (Å²) in [5.74, 6) is -0.404. The Morgan fingerprint density at radius 3 is 2.58 bits per heavy atom. The molecular weight excluding hydrogens is 352 g/mol. The third kappa shape index (κ3) is 2.70. The van der Waals surface area contributed by atoms with Crippen LogP contribution in [0.3, 0.4) is 0 Å². The number of hydrogen-bond acceptors (Lipinski definition) is 4. The zero-order chi connectivity index (χ0) is 18.1. The van der Waals surface area contributed by atoms with Crippen LogP contribution in [-0.4, -0.2) is 14.4 Å². The molecule has 26 heavy (non-hydrogen) atoms. The SMILES string of the molecule is O=c1c(-c2ccccc2Cl)c([O-])[n+](Cc2cncnc2)c2ccccn12. The first kappa shape index (κ1) is 16.2. The van der Waals surface area contributed by atoms with E-state index in [0.29, 0.717) is 16.2 Å². The van der Waals surface area contributed by atoms with E-state index in [1.165, 1.54) is 15.3 Å². The third-order valence-corrected chi connectivity index (χ3v) is 4.43. The van der Waals surface area contributed by atoms with Crippen LogP contribution >= 0.6 is 11.6 Å². The summed E-state index contributed by atoms with van der Waals surface area (Å²) >= 11 is 6.25. The average molecular weight is 365 g/mol. The van der Waals surface area contributed by atoms with Crippen LogP contribution in [0.25, 0.3) is 16.8 Å². The van der Waals surface area contributed by atoms with Crippen molar-refractivity contribution in [1.29, 1.82) is 0 Å². The summed E-state index contributed by atoms with van der Waals surface area (Å²) in [5.41, 5.74) is 1.29. The highest BCUT2D eigenvalue weighted by Gasteiger charge is 2.21. The first-order chi connectivity index (χ1) is 12.7. The maximum atomic E-state index is 13.2. The fourth-order valence-corrected chi connectivity index (χ4v) is 3.15. The van der Waals surface area contributed by atoms with Gasteiger partial charge in [-0.2, -0.15) is 4.40 Å². The predicted octanol–water partition coefficient (Wildman–Crippen LogP) is 1.82. The number of rotatable bonds is 3. The van der Waals surface area contributed by atoms with Crippen molar-refractivity contribution in [2.45, 2.75) is 6.54 Å². The van der Waals surface area contributed by atoms with E-state index < -0.39 is 11.4 Å². The molecule has 4 rings (SSSR count). The Hall–Kier alpha value is -3.25. The summed E-state index contributed by atoms with van der Waals surface area (Å²) in [7, 11) is 0. The maximum absolute atomic E-state index is 13.2. The topological polar surface area (TPSA) is 74.2 Å². The van der Waals surface area contributed by atoms with Gasteiger partial charge in [0.2, 0.25) is 0 Å². The van der Waals surface area contributed by atoms with Gasteiger partial charge in [-0.15, -0.1) is 0 Å². The monoisotopic (exact) mass is 364 g/mol. The van der Waals surface area contributed by atoms with Gasteiger partial charge in [-0.3, -0.25) is 0 Å². The Morgan fingerprint density at radius 2 is 1.81 bits per heavy atom. The summed E-state index contributed by atoms with van der Waals surface area (Å²) in [4.78, 5) is 20.9. The highest BCUT2D eigenvalue weighted by molar-refractivity contribution is 6.33. The number of aromatic nitrogens is 4. The van der Waals surface area contributed by atoms with Gasteiger partial charge in [-0.05, 0) is 12.1 Å². The molecule has 0 saturated heterocycles. The quantitative estimate of drug-likeness (QED) is 0.520. The lowest BCUT2D eigenvalue weighted by Crippen LogP contribution is -2.44. The van der Waals surface area contributed by atoms with Gasteiger partial charge in [-0.1, -0.05) is 35.9 Å². The molecule has 0 saturated carbocycles. The van der Waals surface area contributed by atoms with Crippen LogP contribution in [0.5, 0.6) is 5.88 Å². The highest BCUT2D eigenvalue weighted by atomic mass is 35.5. The molecule has 6 nitrogen and oxygen atoms in total. The summed E-state index contributed by atoms with van der Waals surface area (Å²) in [6.45, 7) is 0.241. The van der Waals surface area contributed by atoms with E-state index >= 15 is 0 Å². The number of hydrogen-bond donors (Lipinski definition) is 0. The Balaban J connectivity index is 2.05. The Bertz CT molecular complexity index is 1160. The Morgan fingerprint density at radius 1 is 1.08 bits per heavy atom. The number of pyridine rings is 1. The molecule has 0 spiro atoms. The molecule has 0 atom stereocenters. The van der Waals surface area contributed by atoms with Gasteiger partial charge >= 0.3 is 5.56 Å². The van der Waals surface area contributed by atoms with Gasteiger partial charge in [0.25, 0.3) is 5.65 Å². The molecule has 0 bridgehead atoms. The number of fused-ring (bicyclic) bond motifs is 1. The van der Waals surface area contributed by atoms with Crippen molar-refractivity contribution in [1.82, 2.24) is 14.4 Å². The second-order valence-corrected chi connectivity index (χ2v) is 6.13. The van der Waals surface area contributed by atoms with Crippen LogP contribution in [0.4, 0.5) is 0 Å². The minimum absolute atomic E-state index is 0.0381. The molecule has 0 amide bonds. The van der Waals surface area contributed by atoms with E-state index in [9.17, 15) is 9.90 Å². The lowest BCUT2D eigenvalue weighted by Gasteiger charge is -2.17. The molecule has 1 aromatic carbocycles. The number of benzene rings is 1. The van der Waals surface area contributed by atoms with Crippen molar-refractivity contribution >= 4 is 17.2 Å². The summed E-state index contributed by atoms with van der Waals surface area (Å²) in [6.07, 6.45) is 6.34. The molecule has 0 aliphatic heterocycles. The molecule has 0 aliphatic rings. The molecule has 0 fully saturated rings.